The summed E-state index contributed by atoms with van der Waals surface area (Å²) in [4.78, 5) is 16.4. The van der Waals surface area contributed by atoms with Crippen molar-refractivity contribution in [3.8, 4) is 0 Å². The van der Waals surface area contributed by atoms with Crippen molar-refractivity contribution in [2.45, 2.75) is 0 Å². The molecule has 0 saturated carbocycles. The molecule has 4 nitrogen and oxygen atoms in total. The van der Waals surface area contributed by atoms with Crippen LogP contribution in [0.3, 0.4) is 0 Å². The Morgan fingerprint density at radius 1 is 1.69 bits per heavy atom. The van der Waals surface area contributed by atoms with Gasteiger partial charge < -0.3 is 10.6 Å². The molecule has 1 aliphatic heterocycles. The molecule has 0 bridgehead atoms. The van der Waals surface area contributed by atoms with Crippen LogP contribution in [-0.2, 0) is 4.79 Å². The molecule has 1 fully saturated rings. The molecule has 2 N–H and O–H groups in total. The zero-order valence-corrected chi connectivity index (χ0v) is 9.68. The molecular weight excluding hydrogens is 233 g/mol. The Hall–Kier alpha value is -0.130. The SMILES string of the molecule is CN1CCSC1=NCC(N)=O.Cl.Cl. The van der Waals surface area contributed by atoms with Gasteiger partial charge in [0.2, 0.25) is 5.91 Å². The van der Waals surface area contributed by atoms with Gasteiger partial charge in [-0.25, -0.2) is 0 Å². The molecule has 0 radical (unpaired) electrons. The number of rotatable bonds is 2. The Bertz CT molecular complexity index is 200. The molecule has 0 aliphatic carbocycles. The van der Waals surface area contributed by atoms with Crippen molar-refractivity contribution in [2.75, 3.05) is 25.9 Å². The molecule has 1 aliphatic rings. The highest BCUT2D eigenvalue weighted by atomic mass is 35.5. The lowest BCUT2D eigenvalue weighted by atomic mass is 10.6. The summed E-state index contributed by atoms with van der Waals surface area (Å²) in [7, 11) is 1.96. The lowest BCUT2D eigenvalue weighted by molar-refractivity contribution is -0.116. The van der Waals surface area contributed by atoms with Crippen molar-refractivity contribution in [1.82, 2.24) is 4.90 Å². The maximum absolute atomic E-state index is 10.4. The number of carbonyl (C=O) groups is 1. The molecule has 1 saturated heterocycles. The zero-order valence-electron chi connectivity index (χ0n) is 7.23. The summed E-state index contributed by atoms with van der Waals surface area (Å²) in [6.45, 7) is 1.11. The molecule has 1 amide bonds. The Kier molecular flexibility index (Phi) is 8.61. The zero-order chi connectivity index (χ0) is 8.27. The number of thioether (sulfide) groups is 1. The summed E-state index contributed by atoms with van der Waals surface area (Å²) in [5, 5.41) is 0.920. The first-order valence-corrected chi connectivity index (χ1v) is 4.35. The summed E-state index contributed by atoms with van der Waals surface area (Å²) in [6, 6.07) is 0. The van der Waals surface area contributed by atoms with Crippen LogP contribution in [0.5, 0.6) is 0 Å². The third-order valence-electron chi connectivity index (χ3n) is 1.35. The Balaban J connectivity index is 0. The molecule has 78 valence electrons. The van der Waals surface area contributed by atoms with E-state index in [1.807, 2.05) is 11.9 Å². The highest BCUT2D eigenvalue weighted by Gasteiger charge is 2.14. The molecule has 7 heteroatoms. The first-order valence-electron chi connectivity index (χ1n) is 3.37. The predicted octanol–water partition coefficient (Wildman–Crippen LogP) is 0.350. The summed E-state index contributed by atoms with van der Waals surface area (Å²) >= 11 is 1.66. The minimum atomic E-state index is -0.376. The number of halogens is 2. The van der Waals surface area contributed by atoms with E-state index in [-0.39, 0.29) is 37.3 Å². The Labute approximate surface area is 94.1 Å². The van der Waals surface area contributed by atoms with Crippen LogP contribution in [0.15, 0.2) is 4.99 Å². The number of amidine groups is 1. The van der Waals surface area contributed by atoms with Crippen LogP contribution in [0.25, 0.3) is 0 Å². The lowest BCUT2D eigenvalue weighted by Crippen LogP contribution is -2.21. The van der Waals surface area contributed by atoms with Gasteiger partial charge in [0.05, 0.1) is 0 Å². The second-order valence-electron chi connectivity index (χ2n) is 2.34. The fourth-order valence-corrected chi connectivity index (χ4v) is 1.81. The van der Waals surface area contributed by atoms with E-state index in [1.54, 1.807) is 11.8 Å². The van der Waals surface area contributed by atoms with Gasteiger partial charge in [0.1, 0.15) is 6.54 Å². The number of aliphatic imine (C=N–C) groups is 1. The van der Waals surface area contributed by atoms with Gasteiger partial charge in [-0.1, -0.05) is 11.8 Å². The molecule has 1 heterocycles. The van der Waals surface area contributed by atoms with E-state index in [0.717, 1.165) is 17.5 Å². The third-order valence-corrected chi connectivity index (χ3v) is 2.44. The van der Waals surface area contributed by atoms with E-state index in [0.29, 0.717) is 0 Å². The van der Waals surface area contributed by atoms with Crippen LogP contribution >= 0.6 is 36.6 Å². The van der Waals surface area contributed by atoms with Crippen molar-refractivity contribution in [1.29, 1.82) is 0 Å². The van der Waals surface area contributed by atoms with Crippen LogP contribution in [0.4, 0.5) is 0 Å². The Morgan fingerprint density at radius 2 is 2.31 bits per heavy atom. The van der Waals surface area contributed by atoms with Crippen molar-refractivity contribution in [3.05, 3.63) is 0 Å². The van der Waals surface area contributed by atoms with Gasteiger partial charge >= 0.3 is 0 Å². The maximum Gasteiger partial charge on any atom is 0.239 e. The number of hydrogen-bond acceptors (Lipinski definition) is 3. The van der Waals surface area contributed by atoms with E-state index >= 15 is 0 Å². The topological polar surface area (TPSA) is 58.7 Å². The molecule has 0 aromatic carbocycles. The molecular formula is C6H13Cl2N3OS. The third kappa shape index (κ3) is 5.23. The fourth-order valence-electron chi connectivity index (χ4n) is 0.792. The number of nitrogens with zero attached hydrogens (tertiary/aromatic N) is 2. The van der Waals surface area contributed by atoms with Gasteiger partial charge in [0, 0.05) is 19.3 Å². The molecule has 0 aromatic rings. The summed E-state index contributed by atoms with van der Waals surface area (Å²) in [5.74, 6) is 0.673. The number of carbonyl (C=O) groups excluding carboxylic acids is 1. The number of nitrogens with two attached hydrogens (primary N) is 1. The first kappa shape index (κ1) is 15.3. The second-order valence-corrected chi connectivity index (χ2v) is 3.40. The Morgan fingerprint density at radius 3 is 2.69 bits per heavy atom. The van der Waals surface area contributed by atoms with E-state index in [4.69, 9.17) is 5.73 Å². The van der Waals surface area contributed by atoms with Gasteiger partial charge in [-0.2, -0.15) is 0 Å². The lowest BCUT2D eigenvalue weighted by Gasteiger charge is -2.08. The van der Waals surface area contributed by atoms with Gasteiger partial charge in [0.25, 0.3) is 0 Å². The predicted molar refractivity (Wildman–Crippen MR) is 61.1 cm³/mol. The van der Waals surface area contributed by atoms with Crippen LogP contribution in [0, 0.1) is 0 Å². The summed E-state index contributed by atoms with van der Waals surface area (Å²) in [5.41, 5.74) is 4.94. The fraction of sp³-hybridized carbons (Fsp3) is 0.667. The average Bonchev–Trinajstić information content (AvgIpc) is 2.31. The van der Waals surface area contributed by atoms with Crippen molar-refractivity contribution >= 4 is 47.7 Å². The van der Waals surface area contributed by atoms with E-state index in [9.17, 15) is 4.79 Å². The van der Waals surface area contributed by atoms with Crippen LogP contribution in [0.2, 0.25) is 0 Å². The van der Waals surface area contributed by atoms with E-state index in [2.05, 4.69) is 4.99 Å². The minimum Gasteiger partial charge on any atom is -0.368 e. The molecule has 1 rings (SSSR count). The highest BCUT2D eigenvalue weighted by Crippen LogP contribution is 2.15. The smallest absolute Gasteiger partial charge is 0.239 e. The maximum atomic E-state index is 10.4. The van der Waals surface area contributed by atoms with Crippen LogP contribution in [0.1, 0.15) is 0 Å². The molecule has 0 atom stereocenters. The highest BCUT2D eigenvalue weighted by molar-refractivity contribution is 8.14. The minimum absolute atomic E-state index is 0. The normalized spacial score (nSPS) is 17.9. The van der Waals surface area contributed by atoms with Crippen LogP contribution < -0.4 is 5.73 Å². The average molecular weight is 246 g/mol. The van der Waals surface area contributed by atoms with Gasteiger partial charge in [-0.05, 0) is 0 Å². The quantitative estimate of drug-likeness (QED) is 0.764. The van der Waals surface area contributed by atoms with Gasteiger partial charge in [-0.15, -0.1) is 24.8 Å². The van der Waals surface area contributed by atoms with Crippen molar-refractivity contribution in [2.24, 2.45) is 10.7 Å². The van der Waals surface area contributed by atoms with Gasteiger partial charge in [-0.3, -0.25) is 9.79 Å². The van der Waals surface area contributed by atoms with Gasteiger partial charge in [0.15, 0.2) is 5.17 Å². The molecule has 13 heavy (non-hydrogen) atoms. The van der Waals surface area contributed by atoms with Crippen LogP contribution in [-0.4, -0.2) is 41.9 Å². The monoisotopic (exact) mass is 245 g/mol. The van der Waals surface area contributed by atoms with Crippen molar-refractivity contribution in [3.63, 3.8) is 0 Å². The summed E-state index contributed by atoms with van der Waals surface area (Å²) in [6.07, 6.45) is 0. The largest absolute Gasteiger partial charge is 0.368 e. The number of hydrogen-bond donors (Lipinski definition) is 1. The first-order chi connectivity index (χ1) is 5.20. The second kappa shape index (κ2) is 7.29. The number of primary amides is 1. The molecule has 0 aromatic heterocycles. The van der Waals surface area contributed by atoms with Crippen molar-refractivity contribution < 1.29 is 4.79 Å². The van der Waals surface area contributed by atoms with E-state index in [1.165, 1.54) is 0 Å². The standard InChI is InChI=1S/C6H11N3OS.2ClH/c1-9-2-3-11-6(9)8-4-5(7)10;;/h2-4H2,1H3,(H2,7,10);2*1H. The van der Waals surface area contributed by atoms with E-state index < -0.39 is 0 Å². The number of amides is 1. The molecule has 0 spiro atoms. The summed E-state index contributed by atoms with van der Waals surface area (Å²) < 4.78 is 0. The molecule has 0 unspecified atom stereocenters.